The lowest BCUT2D eigenvalue weighted by Gasteiger charge is -2.47. The standard InChI is InChI=1S/C20H39N5O2.HI/c1-4-21-19(22-11-8-18(26)24-17(2)3)23-16-20(9-6-5-7-10-20)25-12-14-27-15-13-25;/h17H,4-16H2,1-3H3,(H,24,26)(H2,21,22,23);1H. The molecule has 0 aromatic heterocycles. The lowest BCUT2D eigenvalue weighted by Crippen LogP contribution is -2.56. The SMILES string of the molecule is CCNC(=NCC1(N2CCOCC2)CCCCC1)NCCC(=O)NC(C)C.I. The maximum absolute atomic E-state index is 11.8. The van der Waals surface area contributed by atoms with Crippen molar-refractivity contribution in [3.63, 3.8) is 0 Å². The Bertz CT molecular complexity index is 475. The van der Waals surface area contributed by atoms with E-state index in [-0.39, 0.29) is 41.5 Å². The van der Waals surface area contributed by atoms with Crippen LogP contribution in [0.4, 0.5) is 0 Å². The topological polar surface area (TPSA) is 78.0 Å². The van der Waals surface area contributed by atoms with Gasteiger partial charge in [-0.2, -0.15) is 0 Å². The molecule has 0 radical (unpaired) electrons. The summed E-state index contributed by atoms with van der Waals surface area (Å²) >= 11 is 0. The van der Waals surface area contributed by atoms with E-state index in [2.05, 4.69) is 27.8 Å². The number of hydrogen-bond donors (Lipinski definition) is 3. The van der Waals surface area contributed by atoms with Crippen LogP contribution in [0.15, 0.2) is 4.99 Å². The summed E-state index contributed by atoms with van der Waals surface area (Å²) < 4.78 is 5.56. The average Bonchev–Trinajstić information content (AvgIpc) is 2.67. The number of ether oxygens (including phenoxy) is 1. The Morgan fingerprint density at radius 1 is 1.14 bits per heavy atom. The Morgan fingerprint density at radius 2 is 1.82 bits per heavy atom. The van der Waals surface area contributed by atoms with E-state index in [9.17, 15) is 4.79 Å². The second kappa shape index (κ2) is 13.6. The Balaban J connectivity index is 0.00000392. The van der Waals surface area contributed by atoms with Gasteiger partial charge in [-0.15, -0.1) is 24.0 Å². The van der Waals surface area contributed by atoms with Crippen LogP contribution < -0.4 is 16.0 Å². The zero-order valence-corrected chi connectivity index (χ0v) is 20.2. The van der Waals surface area contributed by atoms with Crippen molar-refractivity contribution in [3.05, 3.63) is 0 Å². The number of morpholine rings is 1. The predicted octanol–water partition coefficient (Wildman–Crippen LogP) is 2.11. The van der Waals surface area contributed by atoms with Gasteiger partial charge in [-0.3, -0.25) is 14.7 Å². The van der Waals surface area contributed by atoms with Gasteiger partial charge in [0.15, 0.2) is 5.96 Å². The third kappa shape index (κ3) is 8.41. The van der Waals surface area contributed by atoms with Crippen LogP contribution in [-0.2, 0) is 9.53 Å². The molecular formula is C20H40IN5O2. The molecule has 28 heavy (non-hydrogen) atoms. The Kier molecular flexibility index (Phi) is 12.3. The van der Waals surface area contributed by atoms with E-state index in [0.29, 0.717) is 13.0 Å². The molecule has 0 unspecified atom stereocenters. The molecule has 0 spiro atoms. The Hall–Kier alpha value is -0.610. The van der Waals surface area contributed by atoms with Crippen molar-refractivity contribution in [2.75, 3.05) is 45.9 Å². The van der Waals surface area contributed by atoms with Crippen LogP contribution >= 0.6 is 24.0 Å². The fraction of sp³-hybridized carbons (Fsp3) is 0.900. The van der Waals surface area contributed by atoms with Crippen molar-refractivity contribution in [1.29, 1.82) is 0 Å². The zero-order chi connectivity index (χ0) is 19.5. The van der Waals surface area contributed by atoms with Crippen LogP contribution in [0.1, 0.15) is 59.3 Å². The first-order valence-electron chi connectivity index (χ1n) is 10.7. The van der Waals surface area contributed by atoms with Crippen molar-refractivity contribution < 1.29 is 9.53 Å². The van der Waals surface area contributed by atoms with Gasteiger partial charge in [0.25, 0.3) is 0 Å². The van der Waals surface area contributed by atoms with Gasteiger partial charge < -0.3 is 20.7 Å². The number of amides is 1. The summed E-state index contributed by atoms with van der Waals surface area (Å²) in [6, 6.07) is 0.180. The van der Waals surface area contributed by atoms with Gasteiger partial charge in [0.1, 0.15) is 0 Å². The predicted molar refractivity (Wildman–Crippen MR) is 126 cm³/mol. The van der Waals surface area contributed by atoms with Crippen molar-refractivity contribution in [1.82, 2.24) is 20.9 Å². The summed E-state index contributed by atoms with van der Waals surface area (Å²) in [6.07, 6.45) is 6.79. The number of rotatable bonds is 8. The second-order valence-corrected chi connectivity index (χ2v) is 7.98. The minimum absolute atomic E-state index is 0. The number of carbonyl (C=O) groups excluding carboxylic acids is 1. The molecule has 164 valence electrons. The lowest BCUT2D eigenvalue weighted by molar-refractivity contribution is -0.121. The van der Waals surface area contributed by atoms with Crippen LogP contribution in [0.2, 0.25) is 0 Å². The van der Waals surface area contributed by atoms with E-state index in [1.54, 1.807) is 0 Å². The molecular weight excluding hydrogens is 469 g/mol. The summed E-state index contributed by atoms with van der Waals surface area (Å²) in [4.78, 5) is 19.4. The Morgan fingerprint density at radius 3 is 2.43 bits per heavy atom. The van der Waals surface area contributed by atoms with Gasteiger partial charge in [-0.1, -0.05) is 19.3 Å². The molecule has 1 aliphatic carbocycles. The fourth-order valence-electron chi connectivity index (χ4n) is 4.08. The number of aliphatic imine (C=N–C) groups is 1. The molecule has 0 bridgehead atoms. The molecule has 1 aliphatic heterocycles. The first-order chi connectivity index (χ1) is 13.1. The van der Waals surface area contributed by atoms with E-state index >= 15 is 0 Å². The third-order valence-corrected chi connectivity index (χ3v) is 5.44. The van der Waals surface area contributed by atoms with E-state index in [0.717, 1.165) is 45.4 Å². The summed E-state index contributed by atoms with van der Waals surface area (Å²) in [7, 11) is 0. The maximum Gasteiger partial charge on any atom is 0.221 e. The van der Waals surface area contributed by atoms with Crippen molar-refractivity contribution in [2.45, 2.75) is 70.9 Å². The summed E-state index contributed by atoms with van der Waals surface area (Å²) in [5.74, 6) is 0.887. The van der Waals surface area contributed by atoms with Crippen LogP contribution in [0.25, 0.3) is 0 Å². The van der Waals surface area contributed by atoms with E-state index in [1.165, 1.54) is 32.1 Å². The maximum atomic E-state index is 11.8. The molecule has 3 N–H and O–H groups in total. The highest BCUT2D eigenvalue weighted by Gasteiger charge is 2.38. The quantitative estimate of drug-likeness (QED) is 0.266. The molecule has 0 atom stereocenters. The average molecular weight is 509 g/mol. The van der Waals surface area contributed by atoms with E-state index < -0.39 is 0 Å². The molecule has 0 aromatic rings. The molecule has 0 aromatic carbocycles. The highest BCUT2D eigenvalue weighted by molar-refractivity contribution is 14.0. The van der Waals surface area contributed by atoms with Gasteiger partial charge in [0.05, 0.1) is 19.8 Å². The lowest BCUT2D eigenvalue weighted by atomic mass is 9.80. The molecule has 1 heterocycles. The van der Waals surface area contributed by atoms with Crippen LogP contribution in [0.5, 0.6) is 0 Å². The monoisotopic (exact) mass is 509 g/mol. The van der Waals surface area contributed by atoms with Gasteiger partial charge in [-0.25, -0.2) is 0 Å². The second-order valence-electron chi connectivity index (χ2n) is 7.98. The van der Waals surface area contributed by atoms with Gasteiger partial charge in [-0.05, 0) is 33.6 Å². The largest absolute Gasteiger partial charge is 0.379 e. The summed E-state index contributed by atoms with van der Waals surface area (Å²) in [6.45, 7) is 11.9. The number of carbonyl (C=O) groups is 1. The number of halogens is 1. The number of guanidine groups is 1. The van der Waals surface area contributed by atoms with Crippen molar-refractivity contribution in [2.24, 2.45) is 4.99 Å². The smallest absolute Gasteiger partial charge is 0.221 e. The van der Waals surface area contributed by atoms with Crippen LogP contribution in [-0.4, -0.2) is 74.3 Å². The van der Waals surface area contributed by atoms with Gasteiger partial charge in [0.2, 0.25) is 5.91 Å². The fourth-order valence-corrected chi connectivity index (χ4v) is 4.08. The molecule has 2 aliphatic rings. The first kappa shape index (κ1) is 25.4. The van der Waals surface area contributed by atoms with Crippen LogP contribution in [0.3, 0.4) is 0 Å². The zero-order valence-electron chi connectivity index (χ0n) is 17.9. The first-order valence-corrected chi connectivity index (χ1v) is 10.7. The minimum atomic E-state index is 0. The van der Waals surface area contributed by atoms with E-state index in [1.807, 2.05) is 13.8 Å². The molecule has 1 saturated heterocycles. The van der Waals surface area contributed by atoms with E-state index in [4.69, 9.17) is 9.73 Å². The number of nitrogens with one attached hydrogen (secondary N) is 3. The number of nitrogens with zero attached hydrogens (tertiary/aromatic N) is 2. The Labute approximate surface area is 187 Å². The van der Waals surface area contributed by atoms with Crippen molar-refractivity contribution in [3.8, 4) is 0 Å². The molecule has 2 fully saturated rings. The molecule has 1 saturated carbocycles. The normalized spacial score (nSPS) is 20.4. The minimum Gasteiger partial charge on any atom is -0.379 e. The molecule has 8 heteroatoms. The van der Waals surface area contributed by atoms with Crippen molar-refractivity contribution >= 4 is 35.8 Å². The summed E-state index contributed by atoms with van der Waals surface area (Å²) in [5.41, 5.74) is 0.166. The highest BCUT2D eigenvalue weighted by atomic mass is 127. The number of hydrogen-bond acceptors (Lipinski definition) is 4. The third-order valence-electron chi connectivity index (χ3n) is 5.44. The highest BCUT2D eigenvalue weighted by Crippen LogP contribution is 2.34. The van der Waals surface area contributed by atoms with Crippen LogP contribution in [0, 0.1) is 0 Å². The molecule has 2 rings (SSSR count). The van der Waals surface area contributed by atoms with Gasteiger partial charge in [0, 0.05) is 44.2 Å². The molecule has 7 nitrogen and oxygen atoms in total. The molecule has 1 amide bonds. The van der Waals surface area contributed by atoms with Gasteiger partial charge >= 0.3 is 0 Å². The summed E-state index contributed by atoms with van der Waals surface area (Å²) in [5, 5.41) is 9.56.